The van der Waals surface area contributed by atoms with E-state index in [0.29, 0.717) is 13.1 Å². The summed E-state index contributed by atoms with van der Waals surface area (Å²) in [5.41, 5.74) is 0. The highest BCUT2D eigenvalue weighted by Gasteiger charge is 2.34. The number of rotatable bonds is 4. The summed E-state index contributed by atoms with van der Waals surface area (Å²) in [7, 11) is 0.701. The van der Waals surface area contributed by atoms with Crippen molar-refractivity contribution in [2.75, 3.05) is 40.3 Å². The van der Waals surface area contributed by atoms with E-state index in [1.807, 2.05) is 14.1 Å². The van der Waals surface area contributed by atoms with Crippen molar-refractivity contribution >= 4 is 10.0 Å². The molecule has 5 nitrogen and oxygen atoms in total. The maximum atomic E-state index is 10.8. The highest BCUT2D eigenvalue weighted by molar-refractivity contribution is 7.89. The van der Waals surface area contributed by atoms with Gasteiger partial charge in [-0.2, -0.15) is 0 Å². The van der Waals surface area contributed by atoms with Crippen molar-refractivity contribution in [3.8, 4) is 0 Å². The van der Waals surface area contributed by atoms with Crippen LogP contribution in [0.1, 0.15) is 0 Å². The van der Waals surface area contributed by atoms with Crippen LogP contribution in [0.25, 0.3) is 0 Å². The Hall–Kier alpha value is -0.170. The zero-order chi connectivity index (χ0) is 10.1. The van der Waals surface area contributed by atoms with Gasteiger partial charge in [-0.05, 0) is 14.1 Å². The van der Waals surface area contributed by atoms with Crippen molar-refractivity contribution in [3.63, 3.8) is 0 Å². The van der Waals surface area contributed by atoms with Crippen LogP contribution in [0.4, 0.5) is 0 Å². The number of sulfonamides is 1. The van der Waals surface area contributed by atoms with E-state index in [1.54, 1.807) is 0 Å². The predicted molar refractivity (Wildman–Crippen MR) is 51.9 cm³/mol. The molecule has 2 N–H and O–H groups in total. The zero-order valence-electron chi connectivity index (χ0n) is 8.10. The Morgan fingerprint density at radius 1 is 1.46 bits per heavy atom. The van der Waals surface area contributed by atoms with Gasteiger partial charge in [-0.3, -0.25) is 4.90 Å². The van der Waals surface area contributed by atoms with Gasteiger partial charge in [0.1, 0.15) is 5.25 Å². The van der Waals surface area contributed by atoms with Gasteiger partial charge in [-0.25, -0.2) is 13.6 Å². The van der Waals surface area contributed by atoms with Crippen LogP contribution in [-0.4, -0.2) is 63.7 Å². The third-order valence-electron chi connectivity index (χ3n) is 2.25. The minimum absolute atomic E-state index is 0.338. The second kappa shape index (κ2) is 3.91. The lowest BCUT2D eigenvalue weighted by Gasteiger charge is -2.38. The Bertz CT molecular complexity index is 257. The molecular formula is C7H17N3O2S. The molecule has 6 heteroatoms. The van der Waals surface area contributed by atoms with Crippen LogP contribution in [0.2, 0.25) is 0 Å². The Morgan fingerprint density at radius 3 is 2.38 bits per heavy atom. The first-order valence-electron chi connectivity index (χ1n) is 4.28. The van der Waals surface area contributed by atoms with Crippen molar-refractivity contribution in [2.45, 2.75) is 5.25 Å². The van der Waals surface area contributed by atoms with E-state index in [9.17, 15) is 8.42 Å². The predicted octanol–water partition coefficient (Wildman–Crippen LogP) is -1.48. The number of likely N-dealkylation sites (N-methyl/N-ethyl adjacent to an activating group) is 1. The Labute approximate surface area is 79.5 Å². The van der Waals surface area contributed by atoms with E-state index in [0.717, 1.165) is 13.1 Å². The molecule has 0 aromatic carbocycles. The fourth-order valence-corrected chi connectivity index (χ4v) is 2.09. The third-order valence-corrected chi connectivity index (χ3v) is 3.48. The van der Waals surface area contributed by atoms with Gasteiger partial charge in [-0.15, -0.1) is 0 Å². The fourth-order valence-electron chi connectivity index (χ4n) is 1.25. The average molecular weight is 207 g/mol. The van der Waals surface area contributed by atoms with Crippen molar-refractivity contribution in [3.05, 3.63) is 0 Å². The van der Waals surface area contributed by atoms with E-state index < -0.39 is 10.0 Å². The summed E-state index contributed by atoms with van der Waals surface area (Å²) in [6, 6.07) is 0. The van der Waals surface area contributed by atoms with Crippen LogP contribution in [0.5, 0.6) is 0 Å². The second-order valence-electron chi connectivity index (χ2n) is 3.77. The van der Waals surface area contributed by atoms with Crippen molar-refractivity contribution in [1.29, 1.82) is 0 Å². The maximum Gasteiger partial charge on any atom is 0.214 e. The smallest absolute Gasteiger partial charge is 0.214 e. The molecule has 1 aliphatic rings. The molecule has 0 amide bonds. The number of likely N-dealkylation sites (tertiary alicyclic amines) is 1. The summed E-state index contributed by atoms with van der Waals surface area (Å²) >= 11 is 0. The van der Waals surface area contributed by atoms with Gasteiger partial charge >= 0.3 is 0 Å². The number of hydrogen-bond donors (Lipinski definition) is 1. The molecule has 0 atom stereocenters. The summed E-state index contributed by atoms with van der Waals surface area (Å²) in [6.45, 7) is 3.05. The van der Waals surface area contributed by atoms with E-state index in [-0.39, 0.29) is 5.25 Å². The fraction of sp³-hybridized carbons (Fsp3) is 1.00. The van der Waals surface area contributed by atoms with E-state index in [1.165, 1.54) is 0 Å². The van der Waals surface area contributed by atoms with Gasteiger partial charge in [0, 0.05) is 26.2 Å². The average Bonchev–Trinajstić information content (AvgIpc) is 1.79. The molecule has 0 aromatic heterocycles. The number of nitrogens with two attached hydrogens (primary N) is 1. The molecule has 0 saturated carbocycles. The van der Waals surface area contributed by atoms with Crippen molar-refractivity contribution in [1.82, 2.24) is 9.80 Å². The molecule has 1 heterocycles. The Balaban J connectivity index is 2.19. The van der Waals surface area contributed by atoms with Gasteiger partial charge < -0.3 is 4.90 Å². The molecular weight excluding hydrogens is 190 g/mol. The Kier molecular flexibility index (Phi) is 3.28. The first-order valence-corrected chi connectivity index (χ1v) is 5.89. The minimum Gasteiger partial charge on any atom is -0.308 e. The summed E-state index contributed by atoms with van der Waals surface area (Å²) in [5, 5.41) is 4.66. The molecule has 0 radical (unpaired) electrons. The lowest BCUT2D eigenvalue weighted by atomic mass is 10.2. The summed E-state index contributed by atoms with van der Waals surface area (Å²) in [4.78, 5) is 4.17. The molecule has 78 valence electrons. The zero-order valence-corrected chi connectivity index (χ0v) is 8.92. The van der Waals surface area contributed by atoms with Gasteiger partial charge in [0.05, 0.1) is 0 Å². The lowest BCUT2D eigenvalue weighted by molar-refractivity contribution is 0.168. The topological polar surface area (TPSA) is 66.6 Å². The molecule has 0 spiro atoms. The van der Waals surface area contributed by atoms with Crippen LogP contribution in [0.15, 0.2) is 0 Å². The molecule has 0 aromatic rings. The molecule has 0 aliphatic carbocycles. The van der Waals surface area contributed by atoms with Gasteiger partial charge in [0.2, 0.25) is 10.0 Å². The van der Waals surface area contributed by atoms with Crippen LogP contribution >= 0.6 is 0 Å². The highest BCUT2D eigenvalue weighted by Crippen LogP contribution is 2.12. The van der Waals surface area contributed by atoms with Crippen molar-refractivity contribution < 1.29 is 8.42 Å². The van der Waals surface area contributed by atoms with Crippen LogP contribution in [0.3, 0.4) is 0 Å². The SMILES string of the molecule is CN(C)CCN1CC(S(N)(=O)=O)C1. The molecule has 1 aliphatic heterocycles. The normalized spacial score (nSPS) is 20.6. The van der Waals surface area contributed by atoms with E-state index >= 15 is 0 Å². The first kappa shape index (κ1) is 10.9. The molecule has 0 unspecified atom stereocenters. The summed E-state index contributed by atoms with van der Waals surface area (Å²) in [5.74, 6) is 0. The minimum atomic E-state index is -3.29. The van der Waals surface area contributed by atoms with Crippen LogP contribution in [0, 0.1) is 0 Å². The summed E-state index contributed by atoms with van der Waals surface area (Å²) in [6.07, 6.45) is 0. The first-order chi connectivity index (χ1) is 5.89. The van der Waals surface area contributed by atoms with Crippen molar-refractivity contribution in [2.24, 2.45) is 5.14 Å². The highest BCUT2D eigenvalue weighted by atomic mass is 32.2. The van der Waals surface area contributed by atoms with Gasteiger partial charge in [0.15, 0.2) is 0 Å². The second-order valence-corrected chi connectivity index (χ2v) is 5.62. The standard InChI is InChI=1S/C7H17N3O2S/c1-9(2)3-4-10-5-7(6-10)13(8,11)12/h7H,3-6H2,1-2H3,(H2,8,11,12). The lowest BCUT2D eigenvalue weighted by Crippen LogP contribution is -2.57. The quantitative estimate of drug-likeness (QED) is 0.610. The maximum absolute atomic E-state index is 10.8. The van der Waals surface area contributed by atoms with Gasteiger partial charge in [-0.1, -0.05) is 0 Å². The molecule has 13 heavy (non-hydrogen) atoms. The third kappa shape index (κ3) is 3.22. The van der Waals surface area contributed by atoms with Gasteiger partial charge in [0.25, 0.3) is 0 Å². The number of hydrogen-bond acceptors (Lipinski definition) is 4. The monoisotopic (exact) mass is 207 g/mol. The Morgan fingerprint density at radius 2 is 2.00 bits per heavy atom. The summed E-state index contributed by atoms with van der Waals surface area (Å²) < 4.78 is 21.7. The van der Waals surface area contributed by atoms with Crippen LogP contribution in [-0.2, 0) is 10.0 Å². The van der Waals surface area contributed by atoms with Crippen LogP contribution < -0.4 is 5.14 Å². The molecule has 0 bridgehead atoms. The van der Waals surface area contributed by atoms with E-state index in [2.05, 4.69) is 9.80 Å². The van der Waals surface area contributed by atoms with E-state index in [4.69, 9.17) is 5.14 Å². The number of primary sulfonamides is 1. The largest absolute Gasteiger partial charge is 0.308 e. The molecule has 1 saturated heterocycles. The molecule has 1 rings (SSSR count). The molecule has 1 fully saturated rings. The number of nitrogens with zero attached hydrogens (tertiary/aromatic N) is 2.